The lowest BCUT2D eigenvalue weighted by Gasteiger charge is -2.07. The van der Waals surface area contributed by atoms with Crippen LogP contribution in [0.4, 0.5) is 0 Å². The lowest BCUT2D eigenvalue weighted by Crippen LogP contribution is -1.97. The molecule has 15 heavy (non-hydrogen) atoms. The molecule has 2 rings (SSSR count). The highest BCUT2D eigenvalue weighted by Crippen LogP contribution is 2.36. The lowest BCUT2D eigenvalue weighted by atomic mass is 10.1. The summed E-state index contributed by atoms with van der Waals surface area (Å²) in [5, 5.41) is 8.88. The third-order valence-electron chi connectivity index (χ3n) is 2.45. The molecule has 80 valence electrons. The number of aryl methyl sites for hydroxylation is 1. The first-order valence-corrected chi connectivity index (χ1v) is 6.15. The molecular formula is C11H11ClO2S. The quantitative estimate of drug-likeness (QED) is 0.768. The summed E-state index contributed by atoms with van der Waals surface area (Å²) < 4.78 is 0.0651. The number of halogens is 1. The maximum absolute atomic E-state index is 10.8. The largest absolute Gasteiger partial charge is 0.478 e. The van der Waals surface area contributed by atoms with Crippen molar-refractivity contribution in [1.29, 1.82) is 0 Å². The summed E-state index contributed by atoms with van der Waals surface area (Å²) in [4.78, 5) is 11.8. The molecule has 1 unspecified atom stereocenters. The second-order valence-corrected chi connectivity index (χ2v) is 5.58. The molecule has 0 saturated heterocycles. The highest BCUT2D eigenvalue weighted by atomic mass is 35.5. The zero-order valence-electron chi connectivity index (χ0n) is 8.07. The minimum absolute atomic E-state index is 0.0651. The van der Waals surface area contributed by atoms with E-state index in [0.717, 1.165) is 24.2 Å². The Morgan fingerprint density at radius 3 is 3.07 bits per heavy atom. The standard InChI is InChI=1S/C11H11ClO2S/c12-10-3-1-2-7-4-5-8(11(13)14)6-9(7)15-10/h4-6,10H,1-3H2,(H,13,14). The van der Waals surface area contributed by atoms with Crippen molar-refractivity contribution in [3.8, 4) is 0 Å². The second kappa shape index (κ2) is 4.45. The predicted octanol–water partition coefficient (Wildman–Crippen LogP) is 3.38. The van der Waals surface area contributed by atoms with Crippen molar-refractivity contribution in [2.24, 2.45) is 0 Å². The summed E-state index contributed by atoms with van der Waals surface area (Å²) in [6.45, 7) is 0. The third kappa shape index (κ3) is 2.47. The van der Waals surface area contributed by atoms with Crippen molar-refractivity contribution < 1.29 is 9.90 Å². The normalized spacial score (nSPS) is 20.5. The molecule has 1 aromatic carbocycles. The molecule has 0 spiro atoms. The van der Waals surface area contributed by atoms with E-state index in [1.54, 1.807) is 23.9 Å². The van der Waals surface area contributed by atoms with Crippen LogP contribution in [0.15, 0.2) is 23.1 Å². The minimum atomic E-state index is -0.881. The maximum atomic E-state index is 10.8. The van der Waals surface area contributed by atoms with Crippen LogP contribution in [0.3, 0.4) is 0 Å². The molecule has 1 aliphatic rings. The van der Waals surface area contributed by atoms with Crippen molar-refractivity contribution in [3.05, 3.63) is 29.3 Å². The summed E-state index contributed by atoms with van der Waals surface area (Å²) in [5.74, 6) is -0.881. The number of thioether (sulfide) groups is 1. The number of carbonyl (C=O) groups is 1. The van der Waals surface area contributed by atoms with E-state index in [9.17, 15) is 4.79 Å². The van der Waals surface area contributed by atoms with Gasteiger partial charge in [-0.05, 0) is 37.0 Å². The van der Waals surface area contributed by atoms with Crippen molar-refractivity contribution in [2.45, 2.75) is 28.9 Å². The second-order valence-electron chi connectivity index (χ2n) is 3.55. The summed E-state index contributed by atoms with van der Waals surface area (Å²) in [7, 11) is 0. The van der Waals surface area contributed by atoms with Crippen LogP contribution in [0.1, 0.15) is 28.8 Å². The van der Waals surface area contributed by atoms with Crippen LogP contribution < -0.4 is 0 Å². The fraction of sp³-hybridized carbons (Fsp3) is 0.364. The molecule has 0 saturated carbocycles. The Morgan fingerprint density at radius 1 is 1.53 bits per heavy atom. The van der Waals surface area contributed by atoms with Crippen LogP contribution in [0.2, 0.25) is 0 Å². The summed E-state index contributed by atoms with van der Waals surface area (Å²) in [5.41, 5.74) is 1.56. The van der Waals surface area contributed by atoms with Gasteiger partial charge in [-0.15, -0.1) is 23.4 Å². The summed E-state index contributed by atoms with van der Waals surface area (Å²) in [6, 6.07) is 5.29. The molecule has 1 aliphatic heterocycles. The Balaban J connectivity index is 2.37. The predicted molar refractivity (Wildman–Crippen MR) is 61.8 cm³/mol. The van der Waals surface area contributed by atoms with E-state index in [0.29, 0.717) is 5.56 Å². The molecule has 1 atom stereocenters. The SMILES string of the molecule is O=C(O)c1ccc2c(c1)SC(Cl)CCC2. The van der Waals surface area contributed by atoms with Gasteiger partial charge in [-0.2, -0.15) is 0 Å². The smallest absolute Gasteiger partial charge is 0.335 e. The molecule has 2 nitrogen and oxygen atoms in total. The molecule has 1 aromatic rings. The number of benzene rings is 1. The Hall–Kier alpha value is -0.670. The van der Waals surface area contributed by atoms with Crippen LogP contribution in [-0.4, -0.2) is 15.8 Å². The highest BCUT2D eigenvalue weighted by molar-refractivity contribution is 8.01. The number of fused-ring (bicyclic) bond motifs is 1. The molecule has 1 N–H and O–H groups in total. The van der Waals surface area contributed by atoms with E-state index in [2.05, 4.69) is 0 Å². The van der Waals surface area contributed by atoms with Crippen LogP contribution >= 0.6 is 23.4 Å². The average molecular weight is 243 g/mol. The first kappa shape index (κ1) is 10.8. The zero-order chi connectivity index (χ0) is 10.8. The Bertz CT molecular complexity index is 392. The topological polar surface area (TPSA) is 37.3 Å². The van der Waals surface area contributed by atoms with Crippen LogP contribution in [0.5, 0.6) is 0 Å². The fourth-order valence-corrected chi connectivity index (χ4v) is 3.17. The van der Waals surface area contributed by atoms with E-state index in [4.69, 9.17) is 16.7 Å². The van der Waals surface area contributed by atoms with Gasteiger partial charge in [0, 0.05) is 4.90 Å². The van der Waals surface area contributed by atoms with Crippen molar-refractivity contribution in [2.75, 3.05) is 0 Å². The van der Waals surface area contributed by atoms with Gasteiger partial charge in [-0.25, -0.2) is 4.79 Å². The summed E-state index contributed by atoms with van der Waals surface area (Å²) >= 11 is 7.66. The first-order chi connectivity index (χ1) is 7.16. The number of rotatable bonds is 1. The van der Waals surface area contributed by atoms with Crippen LogP contribution in [0, 0.1) is 0 Å². The van der Waals surface area contributed by atoms with Gasteiger partial charge in [0.15, 0.2) is 0 Å². The van der Waals surface area contributed by atoms with Gasteiger partial charge in [0.2, 0.25) is 0 Å². The van der Waals surface area contributed by atoms with Gasteiger partial charge in [0.25, 0.3) is 0 Å². The lowest BCUT2D eigenvalue weighted by molar-refractivity contribution is 0.0696. The van der Waals surface area contributed by atoms with E-state index in [1.807, 2.05) is 6.07 Å². The van der Waals surface area contributed by atoms with E-state index >= 15 is 0 Å². The van der Waals surface area contributed by atoms with Crippen molar-refractivity contribution >= 4 is 29.3 Å². The number of hydrogen-bond donors (Lipinski definition) is 1. The van der Waals surface area contributed by atoms with E-state index < -0.39 is 5.97 Å². The molecule has 1 heterocycles. The number of alkyl halides is 1. The van der Waals surface area contributed by atoms with Gasteiger partial charge in [0.1, 0.15) is 0 Å². The van der Waals surface area contributed by atoms with Gasteiger partial charge in [-0.3, -0.25) is 0 Å². The van der Waals surface area contributed by atoms with Gasteiger partial charge < -0.3 is 5.11 Å². The average Bonchev–Trinajstić information content (AvgIpc) is 2.37. The van der Waals surface area contributed by atoms with Gasteiger partial charge >= 0.3 is 5.97 Å². The highest BCUT2D eigenvalue weighted by Gasteiger charge is 2.16. The van der Waals surface area contributed by atoms with E-state index in [-0.39, 0.29) is 4.71 Å². The van der Waals surface area contributed by atoms with Crippen LogP contribution in [-0.2, 0) is 6.42 Å². The Labute approximate surface area is 97.6 Å². The molecule has 0 amide bonds. The number of carboxylic acids is 1. The molecule has 0 radical (unpaired) electrons. The van der Waals surface area contributed by atoms with Crippen LogP contribution in [0.25, 0.3) is 0 Å². The number of aromatic carboxylic acids is 1. The maximum Gasteiger partial charge on any atom is 0.335 e. The number of carboxylic acid groups (broad SMARTS) is 1. The van der Waals surface area contributed by atoms with Gasteiger partial charge in [0.05, 0.1) is 10.3 Å². The first-order valence-electron chi connectivity index (χ1n) is 4.84. The molecule has 4 heteroatoms. The Kier molecular flexibility index (Phi) is 3.22. The zero-order valence-corrected chi connectivity index (χ0v) is 9.64. The number of hydrogen-bond acceptors (Lipinski definition) is 2. The molecule has 0 aromatic heterocycles. The minimum Gasteiger partial charge on any atom is -0.478 e. The third-order valence-corrected chi connectivity index (χ3v) is 4.06. The fourth-order valence-electron chi connectivity index (χ4n) is 1.65. The van der Waals surface area contributed by atoms with Crippen molar-refractivity contribution in [1.82, 2.24) is 0 Å². The van der Waals surface area contributed by atoms with Crippen molar-refractivity contribution in [3.63, 3.8) is 0 Å². The van der Waals surface area contributed by atoms with Gasteiger partial charge in [-0.1, -0.05) is 6.07 Å². The molecule has 0 bridgehead atoms. The monoisotopic (exact) mass is 242 g/mol. The van der Waals surface area contributed by atoms with E-state index in [1.165, 1.54) is 5.56 Å². The molecule has 0 fully saturated rings. The molecular weight excluding hydrogens is 232 g/mol. The Morgan fingerprint density at radius 2 is 2.33 bits per heavy atom. The summed E-state index contributed by atoms with van der Waals surface area (Å²) in [6.07, 6.45) is 3.04. The molecule has 0 aliphatic carbocycles.